The van der Waals surface area contributed by atoms with Crippen LogP contribution in [0, 0.1) is 0 Å². The Kier molecular flexibility index (Phi) is 5.25. The summed E-state index contributed by atoms with van der Waals surface area (Å²) in [6, 6.07) is 12.5. The normalized spacial score (nSPS) is 18.8. The molecule has 1 fully saturated rings. The number of methoxy groups -OCH3 is 1. The number of rotatable bonds is 5. The molecule has 2 aromatic rings. The van der Waals surface area contributed by atoms with Crippen LogP contribution < -0.4 is 10.1 Å². The molecule has 0 spiro atoms. The first-order chi connectivity index (χ1) is 12.7. The van der Waals surface area contributed by atoms with E-state index in [0.717, 1.165) is 0 Å². The van der Waals surface area contributed by atoms with Crippen molar-refractivity contribution in [3.63, 3.8) is 0 Å². The maximum atomic E-state index is 12.7. The van der Waals surface area contributed by atoms with E-state index in [1.165, 1.54) is 31.4 Å². The molecule has 144 valence electrons. The molecule has 0 aromatic heterocycles. The molecular weight excluding hydrogens is 390 g/mol. The standard InChI is InChI=1S/C18H19NO6S2/c1-25-17-8-3-2-7-16(17)19-18(20)13-5-4-6-14(11-13)27(23,24)15-9-10-26(21,22)12-15/h2-8,11,15H,9-10,12H2,1H3,(H,19,20)/t15-/m1/s1. The van der Waals surface area contributed by atoms with E-state index in [9.17, 15) is 21.6 Å². The van der Waals surface area contributed by atoms with Gasteiger partial charge in [-0.1, -0.05) is 18.2 Å². The van der Waals surface area contributed by atoms with E-state index >= 15 is 0 Å². The van der Waals surface area contributed by atoms with Crippen molar-refractivity contribution in [2.24, 2.45) is 0 Å². The summed E-state index contributed by atoms with van der Waals surface area (Å²) in [5.74, 6) is -0.529. The number of anilines is 1. The summed E-state index contributed by atoms with van der Waals surface area (Å²) in [6.45, 7) is 0. The van der Waals surface area contributed by atoms with Gasteiger partial charge in [-0.3, -0.25) is 4.79 Å². The quantitative estimate of drug-likeness (QED) is 0.808. The van der Waals surface area contributed by atoms with Crippen molar-refractivity contribution in [2.75, 3.05) is 23.9 Å². The molecule has 1 heterocycles. The van der Waals surface area contributed by atoms with Crippen molar-refractivity contribution in [1.82, 2.24) is 0 Å². The summed E-state index contributed by atoms with van der Waals surface area (Å²) in [6.07, 6.45) is 0.0717. The third-order valence-electron chi connectivity index (χ3n) is 4.41. The van der Waals surface area contributed by atoms with Crippen LogP contribution in [0.25, 0.3) is 0 Å². The average Bonchev–Trinajstić information content (AvgIpc) is 3.03. The van der Waals surface area contributed by atoms with Crippen LogP contribution in [-0.2, 0) is 19.7 Å². The molecule has 0 unspecified atom stereocenters. The first-order valence-corrected chi connectivity index (χ1v) is 11.6. The molecule has 1 atom stereocenters. The van der Waals surface area contributed by atoms with Crippen LogP contribution in [0.1, 0.15) is 16.8 Å². The van der Waals surface area contributed by atoms with Gasteiger partial charge in [-0.25, -0.2) is 16.8 Å². The first-order valence-electron chi connectivity index (χ1n) is 8.22. The molecule has 27 heavy (non-hydrogen) atoms. The molecule has 1 aliphatic heterocycles. The number of nitrogens with one attached hydrogen (secondary N) is 1. The van der Waals surface area contributed by atoms with Crippen molar-refractivity contribution in [3.05, 3.63) is 54.1 Å². The molecule has 9 heteroatoms. The maximum Gasteiger partial charge on any atom is 0.255 e. The maximum absolute atomic E-state index is 12.7. The molecule has 1 aliphatic rings. The molecule has 0 saturated carbocycles. The molecule has 1 amide bonds. The Balaban J connectivity index is 1.86. The molecule has 1 saturated heterocycles. The van der Waals surface area contributed by atoms with E-state index in [2.05, 4.69) is 5.32 Å². The van der Waals surface area contributed by atoms with Crippen molar-refractivity contribution >= 4 is 31.3 Å². The van der Waals surface area contributed by atoms with Crippen LogP contribution >= 0.6 is 0 Å². The minimum atomic E-state index is -3.84. The largest absolute Gasteiger partial charge is 0.495 e. The minimum absolute atomic E-state index is 0.0581. The Bertz CT molecular complexity index is 1080. The van der Waals surface area contributed by atoms with Gasteiger partial charge in [0.05, 0.1) is 34.4 Å². The number of para-hydroxylation sites is 2. The summed E-state index contributed by atoms with van der Waals surface area (Å²) in [7, 11) is -5.69. The Morgan fingerprint density at radius 1 is 1.15 bits per heavy atom. The van der Waals surface area contributed by atoms with Crippen molar-refractivity contribution in [1.29, 1.82) is 0 Å². The molecule has 0 bridgehead atoms. The first kappa shape index (κ1) is 19.4. The van der Waals surface area contributed by atoms with Gasteiger partial charge in [0.15, 0.2) is 19.7 Å². The lowest BCUT2D eigenvalue weighted by atomic mass is 10.2. The summed E-state index contributed by atoms with van der Waals surface area (Å²) >= 11 is 0. The molecule has 3 rings (SSSR count). The minimum Gasteiger partial charge on any atom is -0.495 e. The second kappa shape index (κ2) is 7.32. The number of carbonyl (C=O) groups is 1. The second-order valence-electron chi connectivity index (χ2n) is 6.25. The van der Waals surface area contributed by atoms with E-state index in [1.54, 1.807) is 24.3 Å². The predicted octanol–water partition coefficient (Wildman–Crippen LogP) is 1.91. The van der Waals surface area contributed by atoms with E-state index in [-0.39, 0.29) is 28.4 Å². The third kappa shape index (κ3) is 4.14. The van der Waals surface area contributed by atoms with Gasteiger partial charge in [-0.2, -0.15) is 0 Å². The predicted molar refractivity (Wildman–Crippen MR) is 102 cm³/mol. The van der Waals surface area contributed by atoms with Gasteiger partial charge in [-0.05, 0) is 36.8 Å². The molecule has 7 nitrogen and oxygen atoms in total. The lowest BCUT2D eigenvalue weighted by Gasteiger charge is -2.12. The van der Waals surface area contributed by atoms with E-state index in [0.29, 0.717) is 11.4 Å². The molecular formula is C18H19NO6S2. The van der Waals surface area contributed by atoms with Crippen LogP contribution in [-0.4, -0.2) is 46.6 Å². The van der Waals surface area contributed by atoms with Gasteiger partial charge in [0.25, 0.3) is 5.91 Å². The lowest BCUT2D eigenvalue weighted by Crippen LogP contribution is -2.23. The van der Waals surface area contributed by atoms with Gasteiger partial charge >= 0.3 is 0 Å². The van der Waals surface area contributed by atoms with Gasteiger partial charge in [0.1, 0.15) is 5.75 Å². The fraction of sp³-hybridized carbons (Fsp3) is 0.278. The number of ether oxygens (including phenoxy) is 1. The highest BCUT2D eigenvalue weighted by Crippen LogP contribution is 2.27. The van der Waals surface area contributed by atoms with E-state index in [4.69, 9.17) is 4.74 Å². The van der Waals surface area contributed by atoms with Crippen molar-refractivity contribution in [3.8, 4) is 5.75 Å². The van der Waals surface area contributed by atoms with Crippen LogP contribution in [0.2, 0.25) is 0 Å². The summed E-state index contributed by atoms with van der Waals surface area (Å²) in [5.41, 5.74) is 0.614. The summed E-state index contributed by atoms with van der Waals surface area (Å²) in [4.78, 5) is 12.5. The Labute approximate surface area is 158 Å². The smallest absolute Gasteiger partial charge is 0.255 e. The van der Waals surface area contributed by atoms with Crippen molar-refractivity contribution < 1.29 is 26.4 Å². The highest BCUT2D eigenvalue weighted by molar-refractivity contribution is 7.96. The zero-order valence-electron chi connectivity index (χ0n) is 14.6. The Morgan fingerprint density at radius 2 is 1.89 bits per heavy atom. The second-order valence-corrected chi connectivity index (χ2v) is 10.7. The summed E-state index contributed by atoms with van der Waals surface area (Å²) < 4.78 is 53.9. The van der Waals surface area contributed by atoms with Gasteiger partial charge in [0.2, 0.25) is 0 Å². The fourth-order valence-corrected chi connectivity index (χ4v) is 7.36. The number of benzene rings is 2. The molecule has 0 radical (unpaired) electrons. The van der Waals surface area contributed by atoms with Crippen LogP contribution in [0.4, 0.5) is 5.69 Å². The van der Waals surface area contributed by atoms with Crippen LogP contribution in [0.5, 0.6) is 5.75 Å². The van der Waals surface area contributed by atoms with Crippen LogP contribution in [0.15, 0.2) is 53.4 Å². The molecule has 1 N–H and O–H groups in total. The molecule has 0 aliphatic carbocycles. The third-order valence-corrected chi connectivity index (χ3v) is 8.58. The zero-order chi connectivity index (χ0) is 19.7. The number of amides is 1. The number of hydrogen-bond donors (Lipinski definition) is 1. The zero-order valence-corrected chi connectivity index (χ0v) is 16.2. The summed E-state index contributed by atoms with van der Waals surface area (Å²) in [5, 5.41) is 1.71. The number of sulfone groups is 2. The van der Waals surface area contributed by atoms with Gasteiger partial charge in [-0.15, -0.1) is 0 Å². The van der Waals surface area contributed by atoms with Gasteiger partial charge < -0.3 is 10.1 Å². The van der Waals surface area contributed by atoms with E-state index < -0.39 is 30.8 Å². The fourth-order valence-electron chi connectivity index (χ4n) is 2.95. The molecule has 2 aromatic carbocycles. The highest BCUT2D eigenvalue weighted by Gasteiger charge is 2.38. The Hall–Kier alpha value is -2.39. The van der Waals surface area contributed by atoms with Crippen LogP contribution in [0.3, 0.4) is 0 Å². The van der Waals surface area contributed by atoms with Gasteiger partial charge in [0, 0.05) is 5.56 Å². The topological polar surface area (TPSA) is 107 Å². The lowest BCUT2D eigenvalue weighted by molar-refractivity contribution is 0.102. The highest BCUT2D eigenvalue weighted by atomic mass is 32.2. The monoisotopic (exact) mass is 409 g/mol. The Morgan fingerprint density at radius 3 is 2.56 bits per heavy atom. The average molecular weight is 409 g/mol. The SMILES string of the molecule is COc1ccccc1NC(=O)c1cccc(S(=O)(=O)[C@@H]2CCS(=O)(=O)C2)c1. The van der Waals surface area contributed by atoms with Crippen molar-refractivity contribution in [2.45, 2.75) is 16.6 Å². The van der Waals surface area contributed by atoms with E-state index in [1.807, 2.05) is 0 Å². The number of hydrogen-bond acceptors (Lipinski definition) is 6. The number of carbonyl (C=O) groups excluding carboxylic acids is 1.